The first-order valence-electron chi connectivity index (χ1n) is 10.0. The smallest absolute Gasteiger partial charge is 0.239 e. The molecule has 2 bridgehead atoms. The Kier molecular flexibility index (Phi) is 4.16. The number of aromatic nitrogens is 3. The number of nitrogens with one attached hydrogen (secondary N) is 1. The molecule has 1 aromatic carbocycles. The van der Waals surface area contributed by atoms with Crippen molar-refractivity contribution < 1.29 is 4.79 Å². The highest BCUT2D eigenvalue weighted by Gasteiger charge is 2.39. The van der Waals surface area contributed by atoms with Crippen molar-refractivity contribution >= 4 is 22.5 Å². The second-order valence-corrected chi connectivity index (χ2v) is 8.06. The summed E-state index contributed by atoms with van der Waals surface area (Å²) < 4.78 is 2.08. The molecule has 2 saturated heterocycles. The van der Waals surface area contributed by atoms with Crippen LogP contribution in [-0.2, 0) is 11.8 Å². The van der Waals surface area contributed by atoms with Gasteiger partial charge in [0, 0.05) is 36.3 Å². The Morgan fingerprint density at radius 2 is 1.82 bits per heavy atom. The number of imidazole rings is 1. The topological polar surface area (TPSA) is 63.1 Å². The maximum absolute atomic E-state index is 12.6. The van der Waals surface area contributed by atoms with Gasteiger partial charge in [-0.15, -0.1) is 0 Å². The zero-order valence-corrected chi connectivity index (χ0v) is 16.4. The van der Waals surface area contributed by atoms with Gasteiger partial charge in [0.15, 0.2) is 0 Å². The van der Waals surface area contributed by atoms with Crippen LogP contribution < -0.4 is 5.32 Å². The summed E-state index contributed by atoms with van der Waals surface area (Å²) in [7, 11) is 2.02. The molecule has 144 valence electrons. The molecule has 0 atom stereocenters. The Morgan fingerprint density at radius 3 is 2.50 bits per heavy atom. The van der Waals surface area contributed by atoms with E-state index in [2.05, 4.69) is 43.0 Å². The van der Waals surface area contributed by atoms with Crippen LogP contribution in [0.25, 0.3) is 22.0 Å². The van der Waals surface area contributed by atoms with Crippen molar-refractivity contribution in [3.05, 3.63) is 42.5 Å². The van der Waals surface area contributed by atoms with Gasteiger partial charge in [0.25, 0.3) is 0 Å². The molecule has 4 heterocycles. The number of rotatable bonds is 4. The number of anilines is 1. The van der Waals surface area contributed by atoms with Gasteiger partial charge in [0.2, 0.25) is 5.91 Å². The maximum Gasteiger partial charge on any atom is 0.239 e. The van der Waals surface area contributed by atoms with E-state index in [0.717, 1.165) is 27.9 Å². The number of nitrogens with zero attached hydrogens (tertiary/aromatic N) is 4. The summed E-state index contributed by atoms with van der Waals surface area (Å²) in [5.74, 6) is 1.63. The second-order valence-electron chi connectivity index (χ2n) is 8.06. The summed E-state index contributed by atoms with van der Waals surface area (Å²) >= 11 is 0. The predicted octanol–water partition coefficient (Wildman–Crippen LogP) is 3.51. The lowest BCUT2D eigenvalue weighted by Crippen LogP contribution is -2.36. The minimum Gasteiger partial charge on any atom is -0.331 e. The number of pyridine rings is 1. The highest BCUT2D eigenvalue weighted by atomic mass is 16.2. The molecule has 5 rings (SSSR count). The molecule has 0 unspecified atom stereocenters. The van der Waals surface area contributed by atoms with Gasteiger partial charge >= 0.3 is 0 Å². The number of hydrogen-bond acceptors (Lipinski definition) is 4. The number of fused-ring (bicyclic) bond motifs is 3. The summed E-state index contributed by atoms with van der Waals surface area (Å²) in [6.07, 6.45) is 8.67. The minimum atomic E-state index is 0.0315. The predicted molar refractivity (Wildman–Crippen MR) is 110 cm³/mol. The summed E-state index contributed by atoms with van der Waals surface area (Å²) in [5, 5.41) is 5.11. The first-order valence-corrected chi connectivity index (χ1v) is 10.0. The largest absolute Gasteiger partial charge is 0.331 e. The molecule has 6 nitrogen and oxygen atoms in total. The molecule has 3 aromatic rings. The molecule has 1 amide bonds. The zero-order chi connectivity index (χ0) is 19.3. The van der Waals surface area contributed by atoms with Gasteiger partial charge in [-0.2, -0.15) is 0 Å². The zero-order valence-electron chi connectivity index (χ0n) is 16.4. The van der Waals surface area contributed by atoms with Gasteiger partial charge in [-0.1, -0.05) is 12.1 Å². The normalized spacial score (nSPS) is 21.5. The molecular weight excluding hydrogens is 350 g/mol. The molecule has 2 aliphatic rings. The van der Waals surface area contributed by atoms with Gasteiger partial charge in [0.1, 0.15) is 11.6 Å². The fraction of sp³-hybridized carbons (Fsp3) is 0.409. The van der Waals surface area contributed by atoms with Gasteiger partial charge < -0.3 is 9.88 Å². The lowest BCUT2D eigenvalue weighted by molar-refractivity contribution is -0.117. The number of benzene rings is 1. The minimum absolute atomic E-state index is 0.0315. The summed E-state index contributed by atoms with van der Waals surface area (Å²) in [6.45, 7) is 2.47. The Balaban J connectivity index is 1.36. The first-order chi connectivity index (χ1) is 13.6. The van der Waals surface area contributed by atoms with Crippen molar-refractivity contribution in [1.82, 2.24) is 19.4 Å². The second kappa shape index (κ2) is 6.71. The van der Waals surface area contributed by atoms with Crippen LogP contribution in [0.15, 0.2) is 36.7 Å². The molecule has 28 heavy (non-hydrogen) atoms. The van der Waals surface area contributed by atoms with Crippen molar-refractivity contribution in [2.45, 2.75) is 44.7 Å². The Labute approximate surface area is 164 Å². The molecule has 2 aromatic heterocycles. The first kappa shape index (κ1) is 17.4. The van der Waals surface area contributed by atoms with Crippen molar-refractivity contribution in [3.8, 4) is 11.3 Å². The standard InChI is InChI=1S/C22H25N5O/c1-14-23-12-20(26(14)2)15-3-4-16-11-24-21(10-17(16)9-15)25-22(28)13-27-18-5-6-19(27)8-7-18/h3-4,9-12,18-19H,5-8,13H2,1-2H3,(H,24,25,28). The molecule has 2 fully saturated rings. The SMILES string of the molecule is Cc1ncc(-c2ccc3cnc(NC(=O)CN4C5CCC4CC5)cc3c2)n1C. The summed E-state index contributed by atoms with van der Waals surface area (Å²) in [5.41, 5.74) is 2.18. The average molecular weight is 375 g/mol. The van der Waals surface area contributed by atoms with E-state index < -0.39 is 0 Å². The van der Waals surface area contributed by atoms with Crippen LogP contribution in [0, 0.1) is 6.92 Å². The highest BCUT2D eigenvalue weighted by molar-refractivity contribution is 5.94. The van der Waals surface area contributed by atoms with Crippen LogP contribution in [-0.4, -0.2) is 44.0 Å². The van der Waals surface area contributed by atoms with Crippen LogP contribution in [0.3, 0.4) is 0 Å². The third kappa shape index (κ3) is 2.98. The van der Waals surface area contributed by atoms with Crippen molar-refractivity contribution in [2.75, 3.05) is 11.9 Å². The van der Waals surface area contributed by atoms with Crippen LogP contribution >= 0.6 is 0 Å². The summed E-state index contributed by atoms with van der Waals surface area (Å²) in [6, 6.07) is 9.44. The number of carbonyl (C=O) groups excluding carboxylic acids is 1. The van der Waals surface area contributed by atoms with Crippen LogP contribution in [0.5, 0.6) is 0 Å². The van der Waals surface area contributed by atoms with E-state index in [1.807, 2.05) is 32.4 Å². The Morgan fingerprint density at radius 1 is 1.07 bits per heavy atom. The molecule has 0 spiro atoms. The number of amides is 1. The molecule has 0 saturated carbocycles. The monoisotopic (exact) mass is 375 g/mol. The number of carbonyl (C=O) groups is 1. The van der Waals surface area contributed by atoms with Crippen LogP contribution in [0.4, 0.5) is 5.82 Å². The lowest BCUT2D eigenvalue weighted by Gasteiger charge is -2.20. The van der Waals surface area contributed by atoms with Crippen LogP contribution in [0.2, 0.25) is 0 Å². The molecule has 0 aliphatic carbocycles. The van der Waals surface area contributed by atoms with Gasteiger partial charge in [-0.3, -0.25) is 9.69 Å². The Bertz CT molecular complexity index is 1040. The molecule has 6 heteroatoms. The Hall–Kier alpha value is -2.73. The third-order valence-corrected chi connectivity index (χ3v) is 6.44. The lowest BCUT2D eigenvalue weighted by atomic mass is 10.0. The van der Waals surface area contributed by atoms with E-state index in [4.69, 9.17) is 0 Å². The molecular formula is C22H25N5O. The highest BCUT2D eigenvalue weighted by Crippen LogP contribution is 2.37. The van der Waals surface area contributed by atoms with E-state index in [9.17, 15) is 4.79 Å². The quantitative estimate of drug-likeness (QED) is 0.758. The van der Waals surface area contributed by atoms with E-state index in [1.165, 1.54) is 25.7 Å². The number of aryl methyl sites for hydroxylation is 1. The third-order valence-electron chi connectivity index (χ3n) is 6.44. The van der Waals surface area contributed by atoms with Gasteiger partial charge in [-0.05, 0) is 50.1 Å². The van der Waals surface area contributed by atoms with E-state index in [1.54, 1.807) is 0 Å². The number of hydrogen-bond donors (Lipinski definition) is 1. The van der Waals surface area contributed by atoms with Crippen molar-refractivity contribution in [3.63, 3.8) is 0 Å². The van der Waals surface area contributed by atoms with Crippen molar-refractivity contribution in [1.29, 1.82) is 0 Å². The van der Waals surface area contributed by atoms with Crippen molar-refractivity contribution in [2.24, 2.45) is 7.05 Å². The molecule has 2 aliphatic heterocycles. The fourth-order valence-corrected chi connectivity index (χ4v) is 4.76. The van der Waals surface area contributed by atoms with Gasteiger partial charge in [-0.25, -0.2) is 9.97 Å². The van der Waals surface area contributed by atoms with E-state index in [0.29, 0.717) is 24.4 Å². The van der Waals surface area contributed by atoms with E-state index >= 15 is 0 Å². The van der Waals surface area contributed by atoms with E-state index in [-0.39, 0.29) is 5.91 Å². The van der Waals surface area contributed by atoms with Gasteiger partial charge in [0.05, 0.1) is 18.4 Å². The molecule has 1 N–H and O–H groups in total. The van der Waals surface area contributed by atoms with Crippen LogP contribution in [0.1, 0.15) is 31.5 Å². The average Bonchev–Trinajstić information content (AvgIpc) is 3.36. The maximum atomic E-state index is 12.6. The molecule has 0 radical (unpaired) electrons. The fourth-order valence-electron chi connectivity index (χ4n) is 4.76. The summed E-state index contributed by atoms with van der Waals surface area (Å²) in [4.78, 5) is 23.7.